The van der Waals surface area contributed by atoms with Crippen molar-refractivity contribution in [3.05, 3.63) is 29.8 Å². The molecule has 1 amide bonds. The zero-order chi connectivity index (χ0) is 16.0. The molecule has 21 heavy (non-hydrogen) atoms. The average molecular weight is 308 g/mol. The Bertz CT molecular complexity index is 519. The molecule has 9 heteroatoms. The van der Waals surface area contributed by atoms with Gasteiger partial charge >= 0.3 is 12.1 Å². The lowest BCUT2D eigenvalue weighted by Crippen LogP contribution is -2.40. The Hall–Kier alpha value is -2.19. The lowest BCUT2D eigenvalue weighted by atomic mass is 10.2. The molecule has 0 unspecified atom stereocenters. The van der Waals surface area contributed by atoms with E-state index in [0.717, 1.165) is 19.4 Å². The van der Waals surface area contributed by atoms with Crippen molar-refractivity contribution in [2.45, 2.75) is 12.6 Å². The Labute approximate surface area is 117 Å². The molecule has 1 heterocycles. The molecule has 0 saturated carbocycles. The van der Waals surface area contributed by atoms with Gasteiger partial charge in [-0.1, -0.05) is 0 Å². The topological polar surface area (TPSA) is 59.5 Å². The third-order valence-electron chi connectivity index (χ3n) is 2.46. The molecule has 0 saturated heterocycles. The first-order chi connectivity index (χ1) is 9.74. The van der Waals surface area contributed by atoms with Gasteiger partial charge in [0.05, 0.1) is 19.1 Å². The number of hydrogen-bond donors (Lipinski definition) is 0. The molecule has 0 atom stereocenters. The molecule has 0 aromatic carbocycles. The molecule has 0 aliphatic carbocycles. The minimum atomic E-state index is -4.68. The van der Waals surface area contributed by atoms with Crippen molar-refractivity contribution in [2.75, 3.05) is 20.2 Å². The van der Waals surface area contributed by atoms with Crippen LogP contribution in [0.25, 0.3) is 0 Å². The number of carbonyl (C=O) groups is 2. The van der Waals surface area contributed by atoms with Gasteiger partial charge in [-0.2, -0.15) is 17.6 Å². The van der Waals surface area contributed by atoms with Crippen molar-refractivity contribution >= 4 is 11.9 Å². The quantitative estimate of drug-likeness (QED) is 0.473. The van der Waals surface area contributed by atoms with Crippen LogP contribution in [0.3, 0.4) is 0 Å². The van der Waals surface area contributed by atoms with Crippen molar-refractivity contribution in [1.82, 2.24) is 9.88 Å². The number of aromatic nitrogens is 1. The number of pyridine rings is 1. The van der Waals surface area contributed by atoms with E-state index in [1.54, 1.807) is 0 Å². The van der Waals surface area contributed by atoms with E-state index >= 15 is 0 Å². The molecule has 0 aliphatic heterocycles. The van der Waals surface area contributed by atoms with Crippen LogP contribution in [-0.4, -0.2) is 48.1 Å². The lowest BCUT2D eigenvalue weighted by molar-refractivity contribution is -0.147. The van der Waals surface area contributed by atoms with Gasteiger partial charge in [0.1, 0.15) is 6.54 Å². The minimum absolute atomic E-state index is 0.330. The van der Waals surface area contributed by atoms with Gasteiger partial charge in [0.25, 0.3) is 5.91 Å². The number of hydrogen-bond acceptors (Lipinski definition) is 4. The van der Waals surface area contributed by atoms with Crippen molar-refractivity contribution in [1.29, 1.82) is 0 Å². The maximum atomic E-state index is 13.4. The van der Waals surface area contributed by atoms with Gasteiger partial charge < -0.3 is 9.64 Å². The standard InChI is InChI=1S/C12H12F4N2O3/c1-21-9(19)4-6-18(7-12(14,15)16)11(20)8-3-2-5-17-10(8)13/h2-3,5H,4,6-7H2,1H3. The third-order valence-corrected chi connectivity index (χ3v) is 2.46. The van der Waals surface area contributed by atoms with E-state index in [0.29, 0.717) is 4.90 Å². The molecule has 0 aliphatic rings. The number of carbonyl (C=O) groups excluding carboxylic acids is 2. The highest BCUT2D eigenvalue weighted by atomic mass is 19.4. The summed E-state index contributed by atoms with van der Waals surface area (Å²) in [5, 5.41) is 0. The molecule has 116 valence electrons. The molecule has 1 rings (SSSR count). The fourth-order valence-corrected chi connectivity index (χ4v) is 1.51. The predicted octanol–water partition coefficient (Wildman–Crippen LogP) is 1.79. The van der Waals surface area contributed by atoms with Crippen molar-refractivity contribution in [3.63, 3.8) is 0 Å². The smallest absolute Gasteiger partial charge is 0.406 e. The summed E-state index contributed by atoms with van der Waals surface area (Å²) >= 11 is 0. The highest BCUT2D eigenvalue weighted by molar-refractivity contribution is 5.94. The van der Waals surface area contributed by atoms with E-state index in [1.165, 1.54) is 6.07 Å². The largest absolute Gasteiger partial charge is 0.469 e. The summed E-state index contributed by atoms with van der Waals surface area (Å²) in [6, 6.07) is 2.24. The summed E-state index contributed by atoms with van der Waals surface area (Å²) in [6.45, 7) is -2.14. The van der Waals surface area contributed by atoms with Gasteiger partial charge in [0.15, 0.2) is 0 Å². The van der Waals surface area contributed by atoms with Crippen LogP contribution in [0, 0.1) is 5.95 Å². The van der Waals surface area contributed by atoms with Crippen LogP contribution >= 0.6 is 0 Å². The highest BCUT2D eigenvalue weighted by Gasteiger charge is 2.34. The van der Waals surface area contributed by atoms with E-state index in [-0.39, 0.29) is 0 Å². The van der Waals surface area contributed by atoms with E-state index in [1.807, 2.05) is 0 Å². The number of nitrogens with zero attached hydrogens (tertiary/aromatic N) is 2. The van der Waals surface area contributed by atoms with Gasteiger partial charge in [-0.25, -0.2) is 4.98 Å². The van der Waals surface area contributed by atoms with Crippen molar-refractivity contribution in [3.8, 4) is 0 Å². The zero-order valence-electron chi connectivity index (χ0n) is 11.0. The Kier molecular flexibility index (Phi) is 5.62. The summed E-state index contributed by atoms with van der Waals surface area (Å²) in [5.41, 5.74) is -0.591. The SMILES string of the molecule is COC(=O)CCN(CC(F)(F)F)C(=O)c1cccnc1F. The number of amides is 1. The van der Waals surface area contributed by atoms with Crippen LogP contribution in [0.5, 0.6) is 0 Å². The van der Waals surface area contributed by atoms with Crippen molar-refractivity contribution < 1.29 is 31.9 Å². The molecular weight excluding hydrogens is 296 g/mol. The second kappa shape index (κ2) is 7.00. The van der Waals surface area contributed by atoms with E-state index in [9.17, 15) is 27.2 Å². The third kappa shape index (κ3) is 5.36. The van der Waals surface area contributed by atoms with Crippen LogP contribution in [-0.2, 0) is 9.53 Å². The summed E-state index contributed by atoms with van der Waals surface area (Å²) in [4.78, 5) is 26.5. The van der Waals surface area contributed by atoms with Crippen LogP contribution in [0.1, 0.15) is 16.8 Å². The second-order valence-electron chi connectivity index (χ2n) is 4.01. The monoisotopic (exact) mass is 308 g/mol. The first kappa shape index (κ1) is 16.9. The normalized spacial score (nSPS) is 11.1. The lowest BCUT2D eigenvalue weighted by Gasteiger charge is -2.23. The number of ether oxygens (including phenoxy) is 1. The number of esters is 1. The molecule has 0 radical (unpaired) electrons. The Morgan fingerprint density at radius 2 is 2.05 bits per heavy atom. The van der Waals surface area contributed by atoms with Gasteiger partial charge in [-0.15, -0.1) is 0 Å². The number of methoxy groups -OCH3 is 1. The van der Waals surface area contributed by atoms with E-state index in [4.69, 9.17) is 0 Å². The van der Waals surface area contributed by atoms with Crippen molar-refractivity contribution in [2.24, 2.45) is 0 Å². The average Bonchev–Trinajstić information content (AvgIpc) is 2.41. The maximum Gasteiger partial charge on any atom is 0.406 e. The zero-order valence-corrected chi connectivity index (χ0v) is 11.0. The number of alkyl halides is 3. The first-order valence-corrected chi connectivity index (χ1v) is 5.78. The van der Waals surface area contributed by atoms with Crippen LogP contribution in [0.4, 0.5) is 17.6 Å². The summed E-state index contributed by atoms with van der Waals surface area (Å²) in [7, 11) is 1.07. The Morgan fingerprint density at radius 3 is 2.57 bits per heavy atom. The maximum absolute atomic E-state index is 13.4. The highest BCUT2D eigenvalue weighted by Crippen LogP contribution is 2.19. The van der Waals surface area contributed by atoms with Crippen LogP contribution in [0.15, 0.2) is 18.3 Å². The number of halogens is 4. The summed E-state index contributed by atoms with van der Waals surface area (Å²) in [6.07, 6.45) is -4.04. The van der Waals surface area contributed by atoms with E-state index < -0.39 is 49.1 Å². The summed E-state index contributed by atoms with van der Waals surface area (Å²) < 4.78 is 55.1. The molecule has 0 bridgehead atoms. The second-order valence-corrected chi connectivity index (χ2v) is 4.01. The molecule has 5 nitrogen and oxygen atoms in total. The molecule has 0 spiro atoms. The van der Waals surface area contributed by atoms with Gasteiger partial charge in [0, 0.05) is 12.7 Å². The fraction of sp³-hybridized carbons (Fsp3) is 0.417. The predicted molar refractivity (Wildman–Crippen MR) is 62.8 cm³/mol. The molecular formula is C12H12F4N2O3. The number of rotatable bonds is 5. The molecule has 0 fully saturated rings. The fourth-order valence-electron chi connectivity index (χ4n) is 1.51. The summed E-state index contributed by atoms with van der Waals surface area (Å²) in [5.74, 6) is -3.14. The van der Waals surface area contributed by atoms with Gasteiger partial charge in [0.2, 0.25) is 5.95 Å². The van der Waals surface area contributed by atoms with E-state index in [2.05, 4.69) is 9.72 Å². The van der Waals surface area contributed by atoms with Crippen LogP contribution < -0.4 is 0 Å². The first-order valence-electron chi connectivity index (χ1n) is 5.78. The molecule has 1 aromatic heterocycles. The Morgan fingerprint density at radius 1 is 1.38 bits per heavy atom. The molecule has 1 aromatic rings. The Balaban J connectivity index is 2.92. The van der Waals surface area contributed by atoms with Crippen LogP contribution in [0.2, 0.25) is 0 Å². The van der Waals surface area contributed by atoms with Gasteiger partial charge in [-0.05, 0) is 12.1 Å². The molecule has 0 N–H and O–H groups in total. The van der Waals surface area contributed by atoms with Gasteiger partial charge in [-0.3, -0.25) is 9.59 Å². The minimum Gasteiger partial charge on any atom is -0.469 e.